The van der Waals surface area contributed by atoms with Crippen LogP contribution < -0.4 is 10.2 Å². The first-order valence-electron chi connectivity index (χ1n) is 10.4. The molecule has 8 nitrogen and oxygen atoms in total. The lowest BCUT2D eigenvalue weighted by Gasteiger charge is -2.37. The first kappa shape index (κ1) is 21.1. The second-order valence-corrected chi connectivity index (χ2v) is 8.10. The number of benzene rings is 1. The zero-order chi connectivity index (χ0) is 20.8. The van der Waals surface area contributed by atoms with Crippen molar-refractivity contribution < 1.29 is 19.3 Å². The average molecular weight is 403 g/mol. The number of anilines is 1. The molecule has 2 fully saturated rings. The summed E-state index contributed by atoms with van der Waals surface area (Å²) in [5, 5.41) is 2.91. The predicted molar refractivity (Wildman–Crippen MR) is 111 cm³/mol. The van der Waals surface area contributed by atoms with Gasteiger partial charge in [-0.1, -0.05) is 18.2 Å². The van der Waals surface area contributed by atoms with Crippen molar-refractivity contribution in [2.24, 2.45) is 5.92 Å². The van der Waals surface area contributed by atoms with Gasteiger partial charge in [-0.05, 0) is 25.0 Å². The predicted octanol–water partition coefficient (Wildman–Crippen LogP) is -0.254. The van der Waals surface area contributed by atoms with Crippen molar-refractivity contribution in [3.05, 3.63) is 30.3 Å². The summed E-state index contributed by atoms with van der Waals surface area (Å²) in [5.41, 5.74) is 0.781. The molecule has 0 bridgehead atoms. The molecule has 0 spiro atoms. The molecule has 1 aromatic rings. The Morgan fingerprint density at radius 3 is 2.21 bits per heavy atom. The van der Waals surface area contributed by atoms with Gasteiger partial charge in [0, 0.05) is 38.8 Å². The molecule has 2 N–H and O–H groups in total. The first-order valence-corrected chi connectivity index (χ1v) is 10.4. The Bertz CT molecular complexity index is 708. The van der Waals surface area contributed by atoms with Crippen LogP contribution >= 0.6 is 0 Å². The van der Waals surface area contributed by atoms with Gasteiger partial charge in [-0.2, -0.15) is 0 Å². The number of piperazine rings is 1. The second-order valence-electron chi connectivity index (χ2n) is 8.10. The zero-order valence-corrected chi connectivity index (χ0v) is 17.4. The number of hydrogen-bond donors (Lipinski definition) is 2. The summed E-state index contributed by atoms with van der Waals surface area (Å²) in [6, 6.07) is 9.30. The molecule has 2 saturated heterocycles. The summed E-state index contributed by atoms with van der Waals surface area (Å²) in [6.45, 7) is 4.69. The van der Waals surface area contributed by atoms with Crippen LogP contribution in [-0.4, -0.2) is 92.5 Å². The fraction of sp³-hybridized carbons (Fsp3) is 0.571. The molecule has 2 aliphatic rings. The van der Waals surface area contributed by atoms with Crippen molar-refractivity contribution in [1.29, 1.82) is 0 Å². The minimum Gasteiger partial charge on any atom is -0.344 e. The maximum absolute atomic E-state index is 12.9. The molecule has 0 saturated carbocycles. The Hall–Kier alpha value is -2.61. The van der Waals surface area contributed by atoms with Gasteiger partial charge in [0.05, 0.1) is 26.2 Å². The minimum atomic E-state index is -0.107. The van der Waals surface area contributed by atoms with Gasteiger partial charge >= 0.3 is 6.03 Å². The van der Waals surface area contributed by atoms with Crippen LogP contribution in [0, 0.1) is 5.92 Å². The summed E-state index contributed by atoms with van der Waals surface area (Å²) in [6.07, 6.45) is 1.40. The number of amides is 4. The monoisotopic (exact) mass is 402 g/mol. The second kappa shape index (κ2) is 9.73. The fourth-order valence-electron chi connectivity index (χ4n) is 3.90. The van der Waals surface area contributed by atoms with Crippen LogP contribution in [0.1, 0.15) is 12.8 Å². The Labute approximate surface area is 172 Å². The highest BCUT2D eigenvalue weighted by Gasteiger charge is 2.33. The van der Waals surface area contributed by atoms with E-state index in [2.05, 4.69) is 5.32 Å². The van der Waals surface area contributed by atoms with Gasteiger partial charge in [0.15, 0.2) is 6.54 Å². The lowest BCUT2D eigenvalue weighted by molar-refractivity contribution is -0.896. The van der Waals surface area contributed by atoms with Crippen molar-refractivity contribution in [3.63, 3.8) is 0 Å². The van der Waals surface area contributed by atoms with Crippen molar-refractivity contribution >= 4 is 23.5 Å². The van der Waals surface area contributed by atoms with E-state index in [1.54, 1.807) is 23.9 Å². The van der Waals surface area contributed by atoms with E-state index in [9.17, 15) is 14.4 Å². The standard InChI is InChI=1S/C21H31N5O3/c1-23(2)19(27)16-24-12-14-25(15-13-24)20(28)17-8-10-26(11-9-17)21(29)22-18-6-4-3-5-7-18/h3-7,17H,8-16H2,1-2H3,(H,22,29)/p+1. The molecule has 0 radical (unpaired) electrons. The van der Waals surface area contributed by atoms with Crippen LogP contribution in [-0.2, 0) is 9.59 Å². The number of carbonyl (C=O) groups is 3. The number of quaternary nitrogens is 1. The maximum Gasteiger partial charge on any atom is 0.321 e. The third-order valence-corrected chi connectivity index (χ3v) is 5.84. The molecule has 2 heterocycles. The quantitative estimate of drug-likeness (QED) is 0.729. The molecule has 3 rings (SSSR count). The van der Waals surface area contributed by atoms with E-state index in [1.807, 2.05) is 35.2 Å². The Kier molecular flexibility index (Phi) is 7.09. The number of nitrogens with one attached hydrogen (secondary N) is 2. The number of likely N-dealkylation sites (tertiary alicyclic amines) is 1. The Morgan fingerprint density at radius 1 is 1.00 bits per heavy atom. The van der Waals surface area contributed by atoms with E-state index >= 15 is 0 Å². The third-order valence-electron chi connectivity index (χ3n) is 5.84. The highest BCUT2D eigenvalue weighted by atomic mass is 16.2. The fourth-order valence-corrected chi connectivity index (χ4v) is 3.90. The molecule has 4 amide bonds. The number of para-hydroxylation sites is 1. The summed E-state index contributed by atoms with van der Waals surface area (Å²) in [5.74, 6) is 0.313. The molecule has 8 heteroatoms. The molecular formula is C21H32N5O3+. The number of urea groups is 1. The summed E-state index contributed by atoms with van der Waals surface area (Å²) >= 11 is 0. The maximum atomic E-state index is 12.9. The SMILES string of the molecule is CN(C)C(=O)C[NH+]1CCN(C(=O)C2CCN(C(=O)Nc3ccccc3)CC2)CC1. The van der Waals surface area contributed by atoms with E-state index < -0.39 is 0 Å². The van der Waals surface area contributed by atoms with Crippen LogP contribution in [0.3, 0.4) is 0 Å². The van der Waals surface area contributed by atoms with Gasteiger partial charge in [-0.3, -0.25) is 9.59 Å². The van der Waals surface area contributed by atoms with E-state index in [0.29, 0.717) is 45.6 Å². The van der Waals surface area contributed by atoms with Gasteiger partial charge in [0.25, 0.3) is 5.91 Å². The number of piperidine rings is 1. The van der Waals surface area contributed by atoms with Crippen LogP contribution in [0.25, 0.3) is 0 Å². The van der Waals surface area contributed by atoms with Crippen LogP contribution in [0.4, 0.5) is 10.5 Å². The largest absolute Gasteiger partial charge is 0.344 e. The number of hydrogen-bond acceptors (Lipinski definition) is 3. The normalized spacial score (nSPS) is 18.4. The molecule has 0 aliphatic carbocycles. The van der Waals surface area contributed by atoms with Crippen molar-refractivity contribution in [3.8, 4) is 0 Å². The molecule has 0 aromatic heterocycles. The first-order chi connectivity index (χ1) is 13.9. The van der Waals surface area contributed by atoms with Gasteiger partial charge in [-0.25, -0.2) is 4.79 Å². The highest BCUT2D eigenvalue weighted by molar-refractivity contribution is 5.89. The summed E-state index contributed by atoms with van der Waals surface area (Å²) in [4.78, 5) is 43.7. The number of rotatable bonds is 4. The Balaban J connectivity index is 1.41. The van der Waals surface area contributed by atoms with E-state index in [1.165, 1.54) is 4.90 Å². The van der Waals surface area contributed by atoms with Crippen molar-refractivity contribution in [2.45, 2.75) is 12.8 Å². The average Bonchev–Trinajstić information content (AvgIpc) is 2.74. The summed E-state index contributed by atoms with van der Waals surface area (Å²) < 4.78 is 0. The van der Waals surface area contributed by atoms with Crippen molar-refractivity contribution in [2.75, 3.05) is 65.2 Å². The third kappa shape index (κ3) is 5.69. The zero-order valence-electron chi connectivity index (χ0n) is 17.4. The number of likely N-dealkylation sites (N-methyl/N-ethyl adjacent to an activating group) is 1. The van der Waals surface area contributed by atoms with E-state index in [4.69, 9.17) is 0 Å². The molecule has 1 aromatic carbocycles. The van der Waals surface area contributed by atoms with Gasteiger partial charge in [0.1, 0.15) is 0 Å². The lowest BCUT2D eigenvalue weighted by Crippen LogP contribution is -3.15. The molecule has 0 atom stereocenters. The van der Waals surface area contributed by atoms with Crippen LogP contribution in [0.2, 0.25) is 0 Å². The lowest BCUT2D eigenvalue weighted by atomic mass is 9.95. The smallest absolute Gasteiger partial charge is 0.321 e. The summed E-state index contributed by atoms with van der Waals surface area (Å²) in [7, 11) is 3.54. The van der Waals surface area contributed by atoms with Gasteiger partial charge in [-0.15, -0.1) is 0 Å². The van der Waals surface area contributed by atoms with Crippen molar-refractivity contribution in [1.82, 2.24) is 14.7 Å². The van der Waals surface area contributed by atoms with E-state index in [-0.39, 0.29) is 23.8 Å². The van der Waals surface area contributed by atoms with Gasteiger partial charge < -0.3 is 24.9 Å². The molecular weight excluding hydrogens is 370 g/mol. The number of nitrogens with zero attached hydrogens (tertiary/aromatic N) is 3. The number of carbonyl (C=O) groups excluding carboxylic acids is 3. The van der Waals surface area contributed by atoms with E-state index in [0.717, 1.165) is 18.8 Å². The molecule has 0 unspecified atom stereocenters. The van der Waals surface area contributed by atoms with Crippen LogP contribution in [0.15, 0.2) is 30.3 Å². The minimum absolute atomic E-state index is 0.0132. The topological polar surface area (TPSA) is 77.4 Å². The Morgan fingerprint density at radius 2 is 1.62 bits per heavy atom. The molecule has 158 valence electrons. The molecule has 2 aliphatic heterocycles. The molecule has 29 heavy (non-hydrogen) atoms. The highest BCUT2D eigenvalue weighted by Crippen LogP contribution is 2.20. The van der Waals surface area contributed by atoms with Crippen LogP contribution in [0.5, 0.6) is 0 Å². The van der Waals surface area contributed by atoms with Gasteiger partial charge in [0.2, 0.25) is 5.91 Å².